The van der Waals surface area contributed by atoms with Crippen molar-refractivity contribution in [3.05, 3.63) is 35.9 Å². The molecule has 1 aliphatic heterocycles. The molecule has 7 heteroatoms. The number of amides is 3. The highest BCUT2D eigenvalue weighted by Crippen LogP contribution is 2.19. The van der Waals surface area contributed by atoms with Gasteiger partial charge >= 0.3 is 0 Å². The first-order valence-corrected chi connectivity index (χ1v) is 8.93. The number of hydrogen-bond acceptors (Lipinski definition) is 4. The van der Waals surface area contributed by atoms with Crippen molar-refractivity contribution in [3.8, 4) is 0 Å². The van der Waals surface area contributed by atoms with Gasteiger partial charge in [0.15, 0.2) is 0 Å². The molecule has 0 unspecified atom stereocenters. The van der Waals surface area contributed by atoms with Crippen molar-refractivity contribution in [2.75, 3.05) is 6.54 Å². The lowest BCUT2D eigenvalue weighted by atomic mass is 10.0. The monoisotopic (exact) mass is 361 g/mol. The lowest BCUT2D eigenvalue weighted by Gasteiger charge is -2.21. The van der Waals surface area contributed by atoms with Crippen molar-refractivity contribution in [2.45, 2.75) is 51.4 Å². The summed E-state index contributed by atoms with van der Waals surface area (Å²) in [4.78, 5) is 36.0. The van der Waals surface area contributed by atoms with Gasteiger partial charge in [-0.2, -0.15) is 0 Å². The van der Waals surface area contributed by atoms with Crippen LogP contribution in [0.3, 0.4) is 0 Å². The fourth-order valence-corrected chi connectivity index (χ4v) is 2.92. The predicted molar refractivity (Wildman–Crippen MR) is 96.9 cm³/mol. The van der Waals surface area contributed by atoms with Gasteiger partial charge < -0.3 is 21.1 Å². The Morgan fingerprint density at radius 3 is 2.46 bits per heavy atom. The summed E-state index contributed by atoms with van der Waals surface area (Å²) in [6, 6.07) is 8.33. The number of ether oxygens (including phenoxy) is 1. The summed E-state index contributed by atoms with van der Waals surface area (Å²) in [5.41, 5.74) is 5.95. The molecule has 7 nitrogen and oxygen atoms in total. The van der Waals surface area contributed by atoms with E-state index in [0.717, 1.165) is 0 Å². The molecule has 0 spiro atoms. The Morgan fingerprint density at radius 2 is 1.88 bits per heavy atom. The molecule has 3 amide bonds. The molecule has 0 aliphatic carbocycles. The van der Waals surface area contributed by atoms with E-state index in [-0.39, 0.29) is 30.4 Å². The molecular weight excluding hydrogens is 334 g/mol. The summed E-state index contributed by atoms with van der Waals surface area (Å²) in [6.07, 6.45) is 0.724. The van der Waals surface area contributed by atoms with Gasteiger partial charge in [-0.3, -0.25) is 14.4 Å². The van der Waals surface area contributed by atoms with Crippen molar-refractivity contribution >= 4 is 17.7 Å². The first-order valence-electron chi connectivity index (χ1n) is 8.93. The van der Waals surface area contributed by atoms with E-state index in [0.29, 0.717) is 24.8 Å². The fraction of sp³-hybridized carbons (Fsp3) is 0.526. The van der Waals surface area contributed by atoms with Gasteiger partial charge in [-0.15, -0.1) is 0 Å². The maximum absolute atomic E-state index is 12.7. The Hall–Kier alpha value is -2.41. The molecule has 1 aromatic carbocycles. The fourth-order valence-electron chi connectivity index (χ4n) is 2.92. The highest BCUT2D eigenvalue weighted by Gasteiger charge is 2.30. The summed E-state index contributed by atoms with van der Waals surface area (Å²) in [7, 11) is 0. The van der Waals surface area contributed by atoms with Crippen LogP contribution in [0.5, 0.6) is 0 Å². The zero-order chi connectivity index (χ0) is 19.1. The van der Waals surface area contributed by atoms with Crippen LogP contribution in [0.15, 0.2) is 30.3 Å². The van der Waals surface area contributed by atoms with Gasteiger partial charge in [0.05, 0.1) is 6.10 Å². The Morgan fingerprint density at radius 1 is 1.19 bits per heavy atom. The third kappa shape index (κ3) is 5.84. The van der Waals surface area contributed by atoms with Crippen molar-refractivity contribution in [1.82, 2.24) is 10.6 Å². The molecule has 1 aromatic rings. The number of carbonyl (C=O) groups excluding carboxylic acids is 3. The molecule has 1 saturated heterocycles. The molecule has 0 saturated carbocycles. The number of rotatable bonds is 8. The minimum Gasteiger partial charge on any atom is -0.367 e. The third-order valence-electron chi connectivity index (χ3n) is 4.22. The lowest BCUT2D eigenvalue weighted by Crippen LogP contribution is -2.43. The van der Waals surface area contributed by atoms with Crippen LogP contribution < -0.4 is 16.4 Å². The van der Waals surface area contributed by atoms with Crippen molar-refractivity contribution in [2.24, 2.45) is 11.7 Å². The number of benzene rings is 1. The van der Waals surface area contributed by atoms with Gasteiger partial charge in [0.2, 0.25) is 17.7 Å². The number of primary amides is 1. The number of nitrogens with one attached hydrogen (secondary N) is 2. The Labute approximate surface area is 153 Å². The van der Waals surface area contributed by atoms with Crippen molar-refractivity contribution < 1.29 is 19.1 Å². The third-order valence-corrected chi connectivity index (χ3v) is 4.22. The summed E-state index contributed by atoms with van der Waals surface area (Å²) in [5.74, 6) is -0.761. The van der Waals surface area contributed by atoms with E-state index in [2.05, 4.69) is 10.6 Å². The zero-order valence-electron chi connectivity index (χ0n) is 15.2. The standard InChI is InChI=1S/C19H27N3O4/c1-12(2)10-16(23)22-17(13-6-4-3-5-7-13)19(25)21-11-14-8-9-15(26-14)18(20)24/h3-7,12,14-15,17H,8-11H2,1-2H3,(H2,20,24)(H,21,25)(H,22,23)/t14-,15+,17-/m0/s1. The Kier molecular flexibility index (Phi) is 7.15. The van der Waals surface area contributed by atoms with Crippen LogP contribution in [0.4, 0.5) is 0 Å². The van der Waals surface area contributed by atoms with E-state index in [1.165, 1.54) is 0 Å². The van der Waals surface area contributed by atoms with Crippen LogP contribution in [0.25, 0.3) is 0 Å². The Bertz CT molecular complexity index is 633. The molecule has 1 aliphatic rings. The van der Waals surface area contributed by atoms with E-state index in [1.807, 2.05) is 32.0 Å². The molecular formula is C19H27N3O4. The molecule has 0 radical (unpaired) electrons. The van der Waals surface area contributed by atoms with E-state index in [4.69, 9.17) is 10.5 Å². The lowest BCUT2D eigenvalue weighted by molar-refractivity contribution is -0.131. The maximum atomic E-state index is 12.7. The SMILES string of the molecule is CC(C)CC(=O)N[C@H](C(=O)NC[C@@H]1CC[C@H](C(N)=O)O1)c1ccccc1. The first kappa shape index (κ1) is 19.9. The normalized spacial score (nSPS) is 20.6. The molecule has 2 rings (SSSR count). The summed E-state index contributed by atoms with van der Waals surface area (Å²) >= 11 is 0. The van der Waals surface area contributed by atoms with E-state index in [9.17, 15) is 14.4 Å². The van der Waals surface area contributed by atoms with E-state index in [1.54, 1.807) is 12.1 Å². The maximum Gasteiger partial charge on any atom is 0.247 e. The van der Waals surface area contributed by atoms with Crippen LogP contribution in [0, 0.1) is 5.92 Å². The molecule has 0 aromatic heterocycles. The quantitative estimate of drug-likeness (QED) is 0.642. The summed E-state index contributed by atoms with van der Waals surface area (Å²) < 4.78 is 5.52. The molecule has 26 heavy (non-hydrogen) atoms. The minimum absolute atomic E-state index is 0.171. The highest BCUT2D eigenvalue weighted by atomic mass is 16.5. The van der Waals surface area contributed by atoms with Crippen LogP contribution >= 0.6 is 0 Å². The average Bonchev–Trinajstić information content (AvgIpc) is 3.07. The second-order valence-electron chi connectivity index (χ2n) is 6.98. The molecule has 142 valence electrons. The summed E-state index contributed by atoms with van der Waals surface area (Å²) in [6.45, 7) is 4.17. The van der Waals surface area contributed by atoms with Crippen molar-refractivity contribution in [1.29, 1.82) is 0 Å². The first-order chi connectivity index (χ1) is 12.4. The van der Waals surface area contributed by atoms with Crippen LogP contribution in [0.1, 0.15) is 44.7 Å². The predicted octanol–water partition coefficient (Wildman–Crippen LogP) is 1.04. The molecule has 1 fully saturated rings. The van der Waals surface area contributed by atoms with Gasteiger partial charge in [-0.05, 0) is 24.3 Å². The average molecular weight is 361 g/mol. The largest absolute Gasteiger partial charge is 0.367 e. The second-order valence-corrected chi connectivity index (χ2v) is 6.98. The summed E-state index contributed by atoms with van der Waals surface area (Å²) in [5, 5.41) is 5.61. The minimum atomic E-state index is -0.768. The van der Waals surface area contributed by atoms with Gasteiger partial charge in [-0.25, -0.2) is 0 Å². The number of carbonyl (C=O) groups is 3. The second kappa shape index (κ2) is 9.33. The van der Waals surface area contributed by atoms with Gasteiger partial charge in [-0.1, -0.05) is 44.2 Å². The highest BCUT2D eigenvalue weighted by molar-refractivity contribution is 5.88. The number of hydrogen-bond donors (Lipinski definition) is 3. The molecule has 1 heterocycles. The van der Waals surface area contributed by atoms with Gasteiger partial charge in [0.1, 0.15) is 12.1 Å². The van der Waals surface area contributed by atoms with Gasteiger partial charge in [0.25, 0.3) is 0 Å². The van der Waals surface area contributed by atoms with Crippen LogP contribution in [0.2, 0.25) is 0 Å². The topological polar surface area (TPSA) is 111 Å². The van der Waals surface area contributed by atoms with Crippen molar-refractivity contribution in [3.63, 3.8) is 0 Å². The zero-order valence-corrected chi connectivity index (χ0v) is 15.2. The number of nitrogens with two attached hydrogens (primary N) is 1. The van der Waals surface area contributed by atoms with Crippen LogP contribution in [-0.2, 0) is 19.1 Å². The molecule has 3 atom stereocenters. The molecule has 4 N–H and O–H groups in total. The van der Waals surface area contributed by atoms with E-state index < -0.39 is 18.1 Å². The molecule has 0 bridgehead atoms. The smallest absolute Gasteiger partial charge is 0.247 e. The van der Waals surface area contributed by atoms with Gasteiger partial charge in [0, 0.05) is 13.0 Å². The van der Waals surface area contributed by atoms with Crippen LogP contribution in [-0.4, -0.2) is 36.5 Å². The Balaban J connectivity index is 1.97. The van der Waals surface area contributed by atoms with E-state index >= 15 is 0 Å².